The summed E-state index contributed by atoms with van der Waals surface area (Å²) in [7, 11) is 0. The number of Topliss-reactive ketones (excluding diaryl/α,β-unsaturated/α-hetero) is 1. The lowest BCUT2D eigenvalue weighted by molar-refractivity contribution is -0.119. The number of aliphatic hydroxyl groups excluding tert-OH is 1. The molecule has 1 N–H and O–H groups in total. The fourth-order valence-corrected chi connectivity index (χ4v) is 5.04. The van der Waals surface area contributed by atoms with Crippen LogP contribution in [0.25, 0.3) is 22.2 Å². The molecule has 0 amide bonds. The molecule has 0 aliphatic heterocycles. The van der Waals surface area contributed by atoms with Gasteiger partial charge in [-0.15, -0.1) is 11.3 Å². The van der Waals surface area contributed by atoms with E-state index in [1.165, 1.54) is 21.6 Å². The highest BCUT2D eigenvalue weighted by Gasteiger charge is 2.17. The molecule has 0 radical (unpaired) electrons. The standard InChI is InChI=1S/C26H34N2O3S/c1-6-19-14-21(13-17(4)23(19)10-9-22(30)8-7-11-29)25-27-26(31-28-25)24-15-20(12-16(2)3)18(5)32-24/h13-16,29H,6-12H2,1-5H3. The van der Waals surface area contributed by atoms with Gasteiger partial charge in [-0.2, -0.15) is 4.98 Å². The summed E-state index contributed by atoms with van der Waals surface area (Å²) < 4.78 is 5.62. The maximum atomic E-state index is 12.1. The zero-order chi connectivity index (χ0) is 23.3. The van der Waals surface area contributed by atoms with E-state index in [9.17, 15) is 4.79 Å². The normalized spacial score (nSPS) is 11.5. The molecule has 0 aliphatic carbocycles. The summed E-state index contributed by atoms with van der Waals surface area (Å²) in [5.74, 6) is 1.97. The summed E-state index contributed by atoms with van der Waals surface area (Å²) in [6.45, 7) is 10.9. The van der Waals surface area contributed by atoms with Crippen LogP contribution in [0.1, 0.15) is 67.2 Å². The van der Waals surface area contributed by atoms with Gasteiger partial charge in [0.1, 0.15) is 5.78 Å². The van der Waals surface area contributed by atoms with Crippen molar-refractivity contribution in [3.05, 3.63) is 45.3 Å². The molecule has 3 aromatic rings. The molecule has 2 heterocycles. The van der Waals surface area contributed by atoms with E-state index in [2.05, 4.69) is 58.0 Å². The van der Waals surface area contributed by atoms with Crippen molar-refractivity contribution in [3.63, 3.8) is 0 Å². The lowest BCUT2D eigenvalue weighted by Gasteiger charge is -2.13. The van der Waals surface area contributed by atoms with E-state index >= 15 is 0 Å². The zero-order valence-corrected chi connectivity index (χ0v) is 20.6. The Labute approximate surface area is 194 Å². The van der Waals surface area contributed by atoms with E-state index in [-0.39, 0.29) is 12.4 Å². The maximum Gasteiger partial charge on any atom is 0.268 e. The molecule has 5 nitrogen and oxygen atoms in total. The Hall–Kier alpha value is -2.31. The number of hydrogen-bond acceptors (Lipinski definition) is 6. The van der Waals surface area contributed by atoms with Gasteiger partial charge in [-0.1, -0.05) is 25.9 Å². The van der Waals surface area contributed by atoms with E-state index < -0.39 is 0 Å². The molecule has 1 aromatic carbocycles. The number of benzene rings is 1. The summed E-state index contributed by atoms with van der Waals surface area (Å²) in [5, 5.41) is 13.2. The van der Waals surface area contributed by atoms with Gasteiger partial charge in [0.05, 0.1) is 4.88 Å². The Bertz CT molecular complexity index is 1070. The third-order valence-electron chi connectivity index (χ3n) is 5.76. The number of carbonyl (C=O) groups is 1. The van der Waals surface area contributed by atoms with E-state index in [4.69, 9.17) is 14.6 Å². The highest BCUT2D eigenvalue weighted by Crippen LogP contribution is 2.33. The van der Waals surface area contributed by atoms with Gasteiger partial charge < -0.3 is 9.63 Å². The SMILES string of the molecule is CCc1cc(-c2noc(-c3cc(CC(C)C)c(C)s3)n2)cc(C)c1CCC(=O)CCCO. The fraction of sp³-hybridized carbons (Fsp3) is 0.500. The first-order chi connectivity index (χ1) is 15.3. The predicted molar refractivity (Wildman–Crippen MR) is 130 cm³/mol. The number of aliphatic hydroxyl groups is 1. The number of carbonyl (C=O) groups excluding carboxylic acids is 1. The number of rotatable bonds is 11. The number of nitrogens with zero attached hydrogens (tertiary/aromatic N) is 2. The second-order valence-electron chi connectivity index (χ2n) is 8.86. The molecule has 0 spiro atoms. The zero-order valence-electron chi connectivity index (χ0n) is 19.8. The number of hydrogen-bond donors (Lipinski definition) is 1. The third-order valence-corrected chi connectivity index (χ3v) is 6.84. The van der Waals surface area contributed by atoms with Crippen molar-refractivity contribution in [1.82, 2.24) is 10.1 Å². The monoisotopic (exact) mass is 454 g/mol. The molecule has 0 aliphatic rings. The molecular formula is C26H34N2O3S. The van der Waals surface area contributed by atoms with Crippen LogP contribution in [0.15, 0.2) is 22.7 Å². The van der Waals surface area contributed by atoms with E-state index in [1.54, 1.807) is 11.3 Å². The number of aryl methyl sites for hydroxylation is 3. The molecule has 0 fully saturated rings. The second kappa shape index (κ2) is 11.0. The van der Waals surface area contributed by atoms with Crippen LogP contribution in [0.3, 0.4) is 0 Å². The van der Waals surface area contributed by atoms with Crippen LogP contribution >= 0.6 is 11.3 Å². The molecule has 0 saturated carbocycles. The summed E-state index contributed by atoms with van der Waals surface area (Å²) in [6, 6.07) is 6.39. The van der Waals surface area contributed by atoms with Crippen molar-refractivity contribution in [2.24, 2.45) is 5.92 Å². The first kappa shape index (κ1) is 24.3. The lowest BCUT2D eigenvalue weighted by Crippen LogP contribution is -2.05. The van der Waals surface area contributed by atoms with Crippen molar-refractivity contribution in [3.8, 4) is 22.2 Å². The molecule has 172 valence electrons. The number of thiophene rings is 1. The Morgan fingerprint density at radius 2 is 1.94 bits per heavy atom. The van der Waals surface area contributed by atoms with Crippen molar-refractivity contribution < 1.29 is 14.4 Å². The van der Waals surface area contributed by atoms with Crippen molar-refractivity contribution in [2.75, 3.05) is 6.61 Å². The minimum Gasteiger partial charge on any atom is -0.396 e. The minimum absolute atomic E-state index is 0.0659. The quantitative estimate of drug-likeness (QED) is 0.378. The van der Waals surface area contributed by atoms with Gasteiger partial charge in [-0.25, -0.2) is 0 Å². The smallest absolute Gasteiger partial charge is 0.268 e. The molecule has 0 bridgehead atoms. The maximum absolute atomic E-state index is 12.1. The topological polar surface area (TPSA) is 76.2 Å². The Morgan fingerprint density at radius 3 is 2.62 bits per heavy atom. The summed E-state index contributed by atoms with van der Waals surface area (Å²) >= 11 is 1.70. The largest absolute Gasteiger partial charge is 0.396 e. The van der Waals surface area contributed by atoms with Crippen LogP contribution in [0.5, 0.6) is 0 Å². The first-order valence-corrected chi connectivity index (χ1v) is 12.3. The molecule has 32 heavy (non-hydrogen) atoms. The van der Waals surface area contributed by atoms with Gasteiger partial charge in [-0.05, 0) is 85.9 Å². The van der Waals surface area contributed by atoms with Crippen molar-refractivity contribution >= 4 is 17.1 Å². The number of ketones is 1. The molecule has 2 aromatic heterocycles. The van der Waals surface area contributed by atoms with Crippen LogP contribution in [0.2, 0.25) is 0 Å². The molecule has 3 rings (SSSR count). The fourth-order valence-electron chi connectivity index (χ4n) is 4.07. The lowest BCUT2D eigenvalue weighted by atomic mass is 9.92. The highest BCUT2D eigenvalue weighted by molar-refractivity contribution is 7.15. The van der Waals surface area contributed by atoms with E-state index in [1.807, 2.05) is 0 Å². The van der Waals surface area contributed by atoms with Gasteiger partial charge in [0.15, 0.2) is 0 Å². The third kappa shape index (κ3) is 5.93. The van der Waals surface area contributed by atoms with E-state index in [0.29, 0.717) is 36.9 Å². The summed E-state index contributed by atoms with van der Waals surface area (Å²) in [4.78, 5) is 19.1. The minimum atomic E-state index is 0.0659. The van der Waals surface area contributed by atoms with E-state index in [0.717, 1.165) is 35.3 Å². The van der Waals surface area contributed by atoms with Gasteiger partial charge in [0.25, 0.3) is 5.89 Å². The second-order valence-corrected chi connectivity index (χ2v) is 10.1. The molecule has 0 unspecified atom stereocenters. The summed E-state index contributed by atoms with van der Waals surface area (Å²) in [6.07, 6.45) is 4.15. The number of aromatic nitrogens is 2. The molecule has 6 heteroatoms. The van der Waals surface area contributed by atoms with Gasteiger partial charge >= 0.3 is 0 Å². The highest BCUT2D eigenvalue weighted by atomic mass is 32.1. The van der Waals surface area contributed by atoms with Crippen molar-refractivity contribution in [2.45, 2.75) is 73.1 Å². The average molecular weight is 455 g/mol. The Kier molecular flexibility index (Phi) is 8.38. The summed E-state index contributed by atoms with van der Waals surface area (Å²) in [5.41, 5.74) is 5.88. The molecule has 0 atom stereocenters. The average Bonchev–Trinajstić information content (AvgIpc) is 3.37. The van der Waals surface area contributed by atoms with Crippen LogP contribution in [-0.4, -0.2) is 27.6 Å². The van der Waals surface area contributed by atoms with Crippen LogP contribution in [0.4, 0.5) is 0 Å². The van der Waals surface area contributed by atoms with Crippen LogP contribution < -0.4 is 0 Å². The van der Waals surface area contributed by atoms with Gasteiger partial charge in [0.2, 0.25) is 5.82 Å². The van der Waals surface area contributed by atoms with Gasteiger partial charge in [0, 0.05) is 29.9 Å². The predicted octanol–water partition coefficient (Wildman–Crippen LogP) is 6.12. The Balaban J connectivity index is 1.81. The van der Waals surface area contributed by atoms with Crippen LogP contribution in [-0.2, 0) is 24.1 Å². The first-order valence-electron chi connectivity index (χ1n) is 11.5. The molecule has 0 saturated heterocycles. The van der Waals surface area contributed by atoms with Crippen LogP contribution in [0, 0.1) is 19.8 Å². The Morgan fingerprint density at radius 1 is 1.16 bits per heavy atom. The van der Waals surface area contributed by atoms with Crippen molar-refractivity contribution in [1.29, 1.82) is 0 Å². The molecular weight excluding hydrogens is 420 g/mol. The van der Waals surface area contributed by atoms with Gasteiger partial charge in [-0.3, -0.25) is 4.79 Å².